The normalized spacial score (nSPS) is 14.7. The summed E-state index contributed by atoms with van der Waals surface area (Å²) in [4.78, 5) is 4.24. The predicted octanol–water partition coefficient (Wildman–Crippen LogP) is 2.27. The number of benzene rings is 1. The first-order valence-corrected chi connectivity index (χ1v) is 5.38. The number of hydrogen-bond donors (Lipinski definition) is 1. The van der Waals surface area contributed by atoms with Crippen molar-refractivity contribution in [3.63, 3.8) is 0 Å². The molecule has 0 atom stereocenters. The summed E-state index contributed by atoms with van der Waals surface area (Å²) in [7, 11) is 0. The molecule has 88 valence electrons. The Labute approximate surface area is 96.5 Å². The van der Waals surface area contributed by atoms with Gasteiger partial charge in [-0.05, 0) is 12.1 Å². The topological polar surface area (TPSA) is 38.1 Å². The summed E-state index contributed by atoms with van der Waals surface area (Å²) in [5, 5.41) is 3.16. The third-order valence-electron chi connectivity index (χ3n) is 2.71. The maximum Gasteiger partial charge on any atom is 0.226 e. The monoisotopic (exact) mass is 236 g/mol. The highest BCUT2D eigenvalue weighted by atomic mass is 19.1. The Hall–Kier alpha value is -1.75. The van der Waals surface area contributed by atoms with Crippen molar-refractivity contribution in [3.8, 4) is 11.5 Å². The number of nitrogens with zero attached hydrogens (tertiary/aromatic N) is 1. The molecule has 0 spiro atoms. The molecule has 1 aliphatic rings. The molecule has 0 fully saturated rings. The highest BCUT2D eigenvalue weighted by Crippen LogP contribution is 2.25. The lowest BCUT2D eigenvalue weighted by atomic mass is 10.2. The zero-order valence-electron chi connectivity index (χ0n) is 8.96. The zero-order valence-corrected chi connectivity index (χ0v) is 8.96. The summed E-state index contributed by atoms with van der Waals surface area (Å²) in [6, 6.07) is 3.26. The van der Waals surface area contributed by atoms with Gasteiger partial charge in [0.05, 0.1) is 5.69 Å². The number of halogens is 2. The molecule has 0 saturated carbocycles. The molecule has 5 heteroatoms. The van der Waals surface area contributed by atoms with Crippen LogP contribution in [0, 0.1) is 11.6 Å². The average molecular weight is 236 g/mol. The summed E-state index contributed by atoms with van der Waals surface area (Å²) < 4.78 is 31.7. The van der Waals surface area contributed by atoms with E-state index in [0.717, 1.165) is 30.5 Å². The predicted molar refractivity (Wildman–Crippen MR) is 57.3 cm³/mol. The highest BCUT2D eigenvalue weighted by Gasteiger charge is 2.18. The second-order valence-corrected chi connectivity index (χ2v) is 3.97. The van der Waals surface area contributed by atoms with Gasteiger partial charge in [0.25, 0.3) is 0 Å². The minimum Gasteiger partial charge on any atom is -0.441 e. The van der Waals surface area contributed by atoms with Crippen LogP contribution in [0.15, 0.2) is 22.6 Å². The van der Waals surface area contributed by atoms with E-state index in [2.05, 4.69) is 10.3 Å². The lowest BCUT2D eigenvalue weighted by Crippen LogP contribution is -2.22. The molecule has 0 unspecified atom stereocenters. The van der Waals surface area contributed by atoms with E-state index >= 15 is 0 Å². The molecular formula is C12H10F2N2O. The number of rotatable bonds is 1. The first-order valence-electron chi connectivity index (χ1n) is 5.38. The van der Waals surface area contributed by atoms with Gasteiger partial charge in [-0.2, -0.15) is 0 Å². The second-order valence-electron chi connectivity index (χ2n) is 3.97. The molecule has 0 amide bonds. The van der Waals surface area contributed by atoms with Gasteiger partial charge in [-0.1, -0.05) is 0 Å². The van der Waals surface area contributed by atoms with Crippen molar-refractivity contribution in [2.24, 2.45) is 0 Å². The lowest BCUT2D eigenvalue weighted by molar-refractivity contribution is 0.482. The SMILES string of the molecule is Fc1cc(F)cc(-c2nc3c(o2)CCNC3)c1. The fourth-order valence-corrected chi connectivity index (χ4v) is 1.93. The molecule has 17 heavy (non-hydrogen) atoms. The van der Waals surface area contributed by atoms with Crippen molar-refractivity contribution in [1.29, 1.82) is 0 Å². The molecule has 0 aliphatic carbocycles. The van der Waals surface area contributed by atoms with E-state index in [1.807, 2.05) is 0 Å². The third-order valence-corrected chi connectivity index (χ3v) is 2.71. The molecule has 0 radical (unpaired) electrons. The van der Waals surface area contributed by atoms with Crippen molar-refractivity contribution in [2.45, 2.75) is 13.0 Å². The number of oxazole rings is 1. The van der Waals surface area contributed by atoms with Crippen LogP contribution in [-0.4, -0.2) is 11.5 Å². The molecule has 1 N–H and O–H groups in total. The Balaban J connectivity index is 2.05. The lowest BCUT2D eigenvalue weighted by Gasteiger charge is -2.08. The second kappa shape index (κ2) is 3.92. The number of nitrogens with one attached hydrogen (secondary N) is 1. The van der Waals surface area contributed by atoms with Gasteiger partial charge in [0.1, 0.15) is 17.4 Å². The van der Waals surface area contributed by atoms with Crippen molar-refractivity contribution >= 4 is 0 Å². The Morgan fingerprint density at radius 3 is 2.65 bits per heavy atom. The van der Waals surface area contributed by atoms with Gasteiger partial charge in [0.15, 0.2) is 0 Å². The van der Waals surface area contributed by atoms with Gasteiger partial charge < -0.3 is 9.73 Å². The maximum atomic E-state index is 13.1. The van der Waals surface area contributed by atoms with Crippen LogP contribution in [0.2, 0.25) is 0 Å². The van der Waals surface area contributed by atoms with E-state index < -0.39 is 11.6 Å². The fourth-order valence-electron chi connectivity index (χ4n) is 1.93. The summed E-state index contributed by atoms with van der Waals surface area (Å²) in [6.07, 6.45) is 0.750. The van der Waals surface area contributed by atoms with Crippen molar-refractivity contribution < 1.29 is 13.2 Å². The van der Waals surface area contributed by atoms with Gasteiger partial charge in [-0.25, -0.2) is 13.8 Å². The minimum atomic E-state index is -0.630. The fraction of sp³-hybridized carbons (Fsp3) is 0.250. The smallest absolute Gasteiger partial charge is 0.226 e. The molecule has 2 aromatic rings. The molecule has 1 aliphatic heterocycles. The van der Waals surface area contributed by atoms with Gasteiger partial charge >= 0.3 is 0 Å². The first-order chi connectivity index (χ1) is 8.22. The summed E-state index contributed by atoms with van der Waals surface area (Å²) in [5.74, 6) is -0.191. The highest BCUT2D eigenvalue weighted by molar-refractivity contribution is 5.54. The van der Waals surface area contributed by atoms with Crippen LogP contribution in [0.4, 0.5) is 8.78 Å². The number of fused-ring (bicyclic) bond motifs is 1. The Morgan fingerprint density at radius 2 is 1.94 bits per heavy atom. The van der Waals surface area contributed by atoms with Crippen LogP contribution < -0.4 is 5.32 Å². The molecule has 0 saturated heterocycles. The average Bonchev–Trinajstić information content (AvgIpc) is 2.71. The van der Waals surface area contributed by atoms with Gasteiger partial charge in [0, 0.05) is 31.1 Å². The maximum absolute atomic E-state index is 13.1. The number of aromatic nitrogens is 1. The van der Waals surface area contributed by atoms with E-state index in [9.17, 15) is 8.78 Å². The molecule has 3 rings (SSSR count). The summed E-state index contributed by atoms with van der Waals surface area (Å²) >= 11 is 0. The van der Waals surface area contributed by atoms with E-state index in [0.29, 0.717) is 12.1 Å². The minimum absolute atomic E-state index is 0.275. The van der Waals surface area contributed by atoms with Crippen LogP contribution in [-0.2, 0) is 13.0 Å². The molecular weight excluding hydrogens is 226 g/mol. The molecule has 2 heterocycles. The van der Waals surface area contributed by atoms with Gasteiger partial charge in [0.2, 0.25) is 5.89 Å². The largest absolute Gasteiger partial charge is 0.441 e. The molecule has 3 nitrogen and oxygen atoms in total. The quantitative estimate of drug-likeness (QED) is 0.825. The van der Waals surface area contributed by atoms with Crippen LogP contribution in [0.25, 0.3) is 11.5 Å². The van der Waals surface area contributed by atoms with E-state index in [4.69, 9.17) is 4.42 Å². The third kappa shape index (κ3) is 1.93. The summed E-state index contributed by atoms with van der Waals surface area (Å²) in [5.41, 5.74) is 1.15. The molecule has 1 aromatic heterocycles. The van der Waals surface area contributed by atoms with Crippen LogP contribution in [0.5, 0.6) is 0 Å². The molecule has 1 aromatic carbocycles. The van der Waals surface area contributed by atoms with E-state index in [1.165, 1.54) is 12.1 Å². The Kier molecular flexibility index (Phi) is 2.40. The standard InChI is InChI=1S/C12H10F2N2O/c13-8-3-7(4-9(14)5-8)12-16-10-6-15-2-1-11(10)17-12/h3-5,15H,1-2,6H2. The van der Waals surface area contributed by atoms with Gasteiger partial charge in [-0.15, -0.1) is 0 Å². The Morgan fingerprint density at radius 1 is 1.18 bits per heavy atom. The van der Waals surface area contributed by atoms with Crippen molar-refractivity contribution in [2.75, 3.05) is 6.54 Å². The van der Waals surface area contributed by atoms with Crippen LogP contribution >= 0.6 is 0 Å². The van der Waals surface area contributed by atoms with Gasteiger partial charge in [-0.3, -0.25) is 0 Å². The van der Waals surface area contributed by atoms with Crippen molar-refractivity contribution in [3.05, 3.63) is 41.3 Å². The summed E-state index contributed by atoms with van der Waals surface area (Å²) in [6.45, 7) is 1.47. The number of hydrogen-bond acceptors (Lipinski definition) is 3. The molecule has 0 bridgehead atoms. The first kappa shape index (κ1) is 10.4. The van der Waals surface area contributed by atoms with Crippen LogP contribution in [0.3, 0.4) is 0 Å². The van der Waals surface area contributed by atoms with E-state index in [1.54, 1.807) is 0 Å². The van der Waals surface area contributed by atoms with Crippen LogP contribution in [0.1, 0.15) is 11.5 Å². The zero-order chi connectivity index (χ0) is 11.8. The van der Waals surface area contributed by atoms with Crippen molar-refractivity contribution in [1.82, 2.24) is 10.3 Å². The Bertz CT molecular complexity index is 522. The van der Waals surface area contributed by atoms with E-state index in [-0.39, 0.29) is 5.89 Å².